The van der Waals surface area contributed by atoms with Crippen molar-refractivity contribution in [1.82, 2.24) is 10.1 Å². The Balaban J connectivity index is 2.32. The van der Waals surface area contributed by atoms with E-state index in [0.29, 0.717) is 24.6 Å². The fourth-order valence-corrected chi connectivity index (χ4v) is 1.19. The summed E-state index contributed by atoms with van der Waals surface area (Å²) in [4.78, 5) is 14.4. The number of rotatable bonds is 7. The van der Waals surface area contributed by atoms with Crippen LogP contribution >= 0.6 is 0 Å². The second kappa shape index (κ2) is 6.22. The van der Waals surface area contributed by atoms with Gasteiger partial charge in [-0.15, -0.1) is 0 Å². The van der Waals surface area contributed by atoms with Crippen LogP contribution in [0, 0.1) is 0 Å². The lowest BCUT2D eigenvalue weighted by Gasteiger charge is -2.00. The van der Waals surface area contributed by atoms with E-state index in [-0.39, 0.29) is 12.5 Å². The number of methoxy groups -OCH3 is 1. The van der Waals surface area contributed by atoms with E-state index < -0.39 is 5.97 Å². The number of aromatic nitrogens is 2. The van der Waals surface area contributed by atoms with Crippen LogP contribution in [0.2, 0.25) is 0 Å². The summed E-state index contributed by atoms with van der Waals surface area (Å²) in [5.74, 6) is 0.277. The zero-order chi connectivity index (χ0) is 12.0. The summed E-state index contributed by atoms with van der Waals surface area (Å²) in [5.41, 5.74) is 0. The zero-order valence-corrected chi connectivity index (χ0v) is 9.47. The maximum atomic E-state index is 10.3. The molecule has 6 heteroatoms. The Hall–Kier alpha value is -1.43. The van der Waals surface area contributed by atoms with Crippen molar-refractivity contribution in [2.24, 2.45) is 0 Å². The molecule has 0 bridgehead atoms. The molecule has 0 aliphatic carbocycles. The highest BCUT2D eigenvalue weighted by atomic mass is 16.5. The molecular weight excluding hydrogens is 212 g/mol. The fourth-order valence-electron chi connectivity index (χ4n) is 1.19. The summed E-state index contributed by atoms with van der Waals surface area (Å²) in [5, 5.41) is 12.2. The number of hydrogen-bond donors (Lipinski definition) is 1. The lowest BCUT2D eigenvalue weighted by Crippen LogP contribution is -1.98. The van der Waals surface area contributed by atoms with Crippen LogP contribution in [0.1, 0.15) is 44.0 Å². The molecule has 90 valence electrons. The van der Waals surface area contributed by atoms with Gasteiger partial charge in [-0.25, -0.2) is 0 Å². The number of nitrogens with zero attached hydrogens (tertiary/aromatic N) is 2. The van der Waals surface area contributed by atoms with Gasteiger partial charge < -0.3 is 14.4 Å². The van der Waals surface area contributed by atoms with Gasteiger partial charge in [-0.05, 0) is 19.8 Å². The summed E-state index contributed by atoms with van der Waals surface area (Å²) in [6, 6.07) is 0. The highest BCUT2D eigenvalue weighted by Gasteiger charge is 2.12. The Morgan fingerprint density at radius 3 is 2.94 bits per heavy atom. The number of aryl methyl sites for hydroxylation is 1. The van der Waals surface area contributed by atoms with Gasteiger partial charge in [0.1, 0.15) is 6.10 Å². The van der Waals surface area contributed by atoms with Gasteiger partial charge >= 0.3 is 5.97 Å². The molecule has 1 atom stereocenters. The number of carbonyl (C=O) groups is 1. The van der Waals surface area contributed by atoms with Crippen LogP contribution in [0.3, 0.4) is 0 Å². The third kappa shape index (κ3) is 3.98. The van der Waals surface area contributed by atoms with Crippen LogP contribution in [0.15, 0.2) is 4.52 Å². The van der Waals surface area contributed by atoms with Gasteiger partial charge in [0.25, 0.3) is 0 Å². The SMILES string of the molecule is COC(C)c1noc(CCCCC(=O)O)n1. The Morgan fingerprint density at radius 2 is 2.31 bits per heavy atom. The molecule has 1 aromatic heterocycles. The van der Waals surface area contributed by atoms with E-state index in [0.717, 1.165) is 6.42 Å². The number of aliphatic carboxylic acids is 1. The normalized spacial score (nSPS) is 12.6. The number of unbranched alkanes of at least 4 members (excludes halogenated alkanes) is 1. The quantitative estimate of drug-likeness (QED) is 0.713. The first-order valence-corrected chi connectivity index (χ1v) is 5.20. The Labute approximate surface area is 93.6 Å². The number of ether oxygens (including phenoxy) is 1. The zero-order valence-electron chi connectivity index (χ0n) is 9.47. The summed E-state index contributed by atoms with van der Waals surface area (Å²) in [6.45, 7) is 1.83. The molecule has 16 heavy (non-hydrogen) atoms. The van der Waals surface area contributed by atoms with Crippen molar-refractivity contribution in [3.05, 3.63) is 11.7 Å². The van der Waals surface area contributed by atoms with Crippen LogP contribution in [0.4, 0.5) is 0 Å². The second-order valence-electron chi connectivity index (χ2n) is 3.53. The minimum absolute atomic E-state index is 0.176. The molecule has 1 N–H and O–H groups in total. The van der Waals surface area contributed by atoms with Crippen molar-refractivity contribution in [3.8, 4) is 0 Å². The van der Waals surface area contributed by atoms with Crippen molar-refractivity contribution >= 4 is 5.97 Å². The molecule has 0 aliphatic heterocycles. The lowest BCUT2D eigenvalue weighted by molar-refractivity contribution is -0.137. The first-order chi connectivity index (χ1) is 7.63. The highest BCUT2D eigenvalue weighted by Crippen LogP contribution is 2.12. The number of carboxylic acids is 1. The van der Waals surface area contributed by atoms with Crippen LogP contribution in [-0.2, 0) is 16.0 Å². The molecule has 1 heterocycles. The molecule has 0 amide bonds. The molecule has 0 aliphatic rings. The van der Waals surface area contributed by atoms with Crippen molar-refractivity contribution in [2.75, 3.05) is 7.11 Å². The molecule has 0 saturated heterocycles. The van der Waals surface area contributed by atoms with Gasteiger partial charge in [0.05, 0.1) is 0 Å². The van der Waals surface area contributed by atoms with Crippen LogP contribution < -0.4 is 0 Å². The van der Waals surface area contributed by atoms with E-state index in [2.05, 4.69) is 10.1 Å². The molecule has 0 radical (unpaired) electrons. The van der Waals surface area contributed by atoms with E-state index in [1.807, 2.05) is 6.92 Å². The van der Waals surface area contributed by atoms with Crippen molar-refractivity contribution in [3.63, 3.8) is 0 Å². The minimum Gasteiger partial charge on any atom is -0.481 e. The number of carboxylic acid groups (broad SMARTS) is 1. The molecule has 1 rings (SSSR count). The van der Waals surface area contributed by atoms with Crippen LogP contribution in [-0.4, -0.2) is 28.3 Å². The summed E-state index contributed by atoms with van der Waals surface area (Å²) < 4.78 is 10.1. The predicted octanol–water partition coefficient (Wildman–Crippen LogP) is 1.57. The molecule has 6 nitrogen and oxygen atoms in total. The molecule has 0 aromatic carbocycles. The van der Waals surface area contributed by atoms with Gasteiger partial charge in [0, 0.05) is 20.0 Å². The Kier molecular flexibility index (Phi) is 4.91. The lowest BCUT2D eigenvalue weighted by atomic mass is 10.2. The minimum atomic E-state index is -0.778. The maximum absolute atomic E-state index is 10.3. The summed E-state index contributed by atoms with van der Waals surface area (Å²) in [7, 11) is 1.58. The Bertz CT molecular complexity index is 337. The van der Waals surface area contributed by atoms with Gasteiger partial charge in [-0.1, -0.05) is 5.16 Å². The van der Waals surface area contributed by atoms with Gasteiger partial charge in [-0.2, -0.15) is 4.98 Å². The highest BCUT2D eigenvalue weighted by molar-refractivity contribution is 5.66. The molecule has 1 unspecified atom stereocenters. The molecule has 0 saturated carbocycles. The monoisotopic (exact) mass is 228 g/mol. The van der Waals surface area contributed by atoms with E-state index in [4.69, 9.17) is 14.4 Å². The first kappa shape index (κ1) is 12.6. The third-order valence-corrected chi connectivity index (χ3v) is 2.23. The van der Waals surface area contributed by atoms with Crippen LogP contribution in [0.25, 0.3) is 0 Å². The maximum Gasteiger partial charge on any atom is 0.303 e. The average molecular weight is 228 g/mol. The molecular formula is C10H16N2O4. The average Bonchev–Trinajstić information content (AvgIpc) is 2.71. The Morgan fingerprint density at radius 1 is 1.56 bits per heavy atom. The first-order valence-electron chi connectivity index (χ1n) is 5.20. The standard InChI is InChI=1S/C10H16N2O4/c1-7(15-2)10-11-8(16-12-10)5-3-4-6-9(13)14/h7H,3-6H2,1-2H3,(H,13,14). The summed E-state index contributed by atoms with van der Waals surface area (Å²) in [6.07, 6.45) is 1.95. The third-order valence-electron chi connectivity index (χ3n) is 2.23. The van der Waals surface area contributed by atoms with Crippen molar-refractivity contribution in [1.29, 1.82) is 0 Å². The van der Waals surface area contributed by atoms with E-state index in [9.17, 15) is 4.79 Å². The fraction of sp³-hybridized carbons (Fsp3) is 0.700. The van der Waals surface area contributed by atoms with E-state index in [1.165, 1.54) is 0 Å². The van der Waals surface area contributed by atoms with Gasteiger partial charge in [0.15, 0.2) is 5.82 Å². The smallest absolute Gasteiger partial charge is 0.303 e. The topological polar surface area (TPSA) is 85.5 Å². The molecule has 0 spiro atoms. The largest absolute Gasteiger partial charge is 0.481 e. The number of hydrogen-bond acceptors (Lipinski definition) is 5. The second-order valence-corrected chi connectivity index (χ2v) is 3.53. The van der Waals surface area contributed by atoms with Crippen LogP contribution in [0.5, 0.6) is 0 Å². The predicted molar refractivity (Wildman–Crippen MR) is 54.9 cm³/mol. The van der Waals surface area contributed by atoms with E-state index in [1.54, 1.807) is 7.11 Å². The van der Waals surface area contributed by atoms with E-state index >= 15 is 0 Å². The van der Waals surface area contributed by atoms with Gasteiger partial charge in [0.2, 0.25) is 5.89 Å². The van der Waals surface area contributed by atoms with Crippen molar-refractivity contribution < 1.29 is 19.2 Å². The van der Waals surface area contributed by atoms with Crippen molar-refractivity contribution in [2.45, 2.75) is 38.7 Å². The summed E-state index contributed by atoms with van der Waals surface area (Å²) >= 11 is 0. The molecule has 1 aromatic rings. The molecule has 0 fully saturated rings. The van der Waals surface area contributed by atoms with Gasteiger partial charge in [-0.3, -0.25) is 4.79 Å².